The van der Waals surface area contributed by atoms with Crippen LogP contribution >= 0.6 is 23.2 Å². The van der Waals surface area contributed by atoms with E-state index in [4.69, 9.17) is 23.2 Å². The molecule has 0 saturated heterocycles. The minimum absolute atomic E-state index is 0.412. The van der Waals surface area contributed by atoms with Crippen molar-refractivity contribution in [3.8, 4) is 6.07 Å². The van der Waals surface area contributed by atoms with E-state index in [1.165, 1.54) is 0 Å². The molecule has 2 nitrogen and oxygen atoms in total. The van der Waals surface area contributed by atoms with Crippen molar-refractivity contribution in [2.45, 2.75) is 38.7 Å². The SMILES string of the molecule is CC1CCC(C#N)(C(O)c2ccc(Cl)c(Cl)c2)CC1. The summed E-state index contributed by atoms with van der Waals surface area (Å²) < 4.78 is 0. The highest BCUT2D eigenvalue weighted by molar-refractivity contribution is 6.42. The molecule has 1 aliphatic rings. The summed E-state index contributed by atoms with van der Waals surface area (Å²) in [6, 6.07) is 7.41. The van der Waals surface area contributed by atoms with Crippen molar-refractivity contribution in [3.05, 3.63) is 33.8 Å². The van der Waals surface area contributed by atoms with Crippen molar-refractivity contribution in [1.82, 2.24) is 0 Å². The maximum absolute atomic E-state index is 10.6. The highest BCUT2D eigenvalue weighted by atomic mass is 35.5. The highest BCUT2D eigenvalue weighted by Crippen LogP contribution is 2.47. The Bertz CT molecular complexity index is 501. The quantitative estimate of drug-likeness (QED) is 0.856. The smallest absolute Gasteiger partial charge is 0.0976 e. The standard InChI is InChI=1S/C15H17Cl2NO/c1-10-4-6-15(9-18,7-5-10)14(19)11-2-3-12(16)13(17)8-11/h2-3,8,10,14,19H,4-7H2,1H3. The average Bonchev–Trinajstić information content (AvgIpc) is 2.42. The van der Waals surface area contributed by atoms with Crippen LogP contribution in [0.4, 0.5) is 0 Å². The number of nitrogens with zero attached hydrogens (tertiary/aromatic N) is 1. The third kappa shape index (κ3) is 2.89. The Morgan fingerprint density at radius 1 is 1.32 bits per heavy atom. The fraction of sp³-hybridized carbons (Fsp3) is 0.533. The van der Waals surface area contributed by atoms with Gasteiger partial charge in [-0.2, -0.15) is 5.26 Å². The second-order valence-corrected chi connectivity index (χ2v) is 6.34. The van der Waals surface area contributed by atoms with Gasteiger partial charge >= 0.3 is 0 Å². The van der Waals surface area contributed by atoms with Gasteiger partial charge in [-0.25, -0.2) is 0 Å². The molecule has 2 rings (SSSR count). The molecule has 102 valence electrons. The van der Waals surface area contributed by atoms with Crippen molar-refractivity contribution in [1.29, 1.82) is 5.26 Å². The van der Waals surface area contributed by atoms with Gasteiger partial charge in [-0.3, -0.25) is 0 Å². The van der Waals surface area contributed by atoms with Crippen molar-refractivity contribution in [2.24, 2.45) is 11.3 Å². The lowest BCUT2D eigenvalue weighted by Gasteiger charge is -2.37. The van der Waals surface area contributed by atoms with E-state index >= 15 is 0 Å². The van der Waals surface area contributed by atoms with Crippen LogP contribution in [0.1, 0.15) is 44.3 Å². The summed E-state index contributed by atoms with van der Waals surface area (Å²) >= 11 is 11.9. The molecule has 1 aliphatic carbocycles. The monoisotopic (exact) mass is 297 g/mol. The molecular weight excluding hydrogens is 281 g/mol. The van der Waals surface area contributed by atoms with Crippen LogP contribution in [-0.4, -0.2) is 5.11 Å². The summed E-state index contributed by atoms with van der Waals surface area (Å²) in [5.41, 5.74) is -0.0190. The number of benzene rings is 1. The molecule has 1 fully saturated rings. The highest BCUT2D eigenvalue weighted by Gasteiger charge is 2.41. The Balaban J connectivity index is 2.28. The van der Waals surface area contributed by atoms with Gasteiger partial charge in [0.05, 0.1) is 27.6 Å². The molecule has 1 aromatic carbocycles. The topological polar surface area (TPSA) is 44.0 Å². The molecule has 0 aliphatic heterocycles. The van der Waals surface area contributed by atoms with Crippen molar-refractivity contribution >= 4 is 23.2 Å². The van der Waals surface area contributed by atoms with Crippen LogP contribution in [0, 0.1) is 22.7 Å². The molecule has 0 heterocycles. The molecule has 1 aromatic rings. The van der Waals surface area contributed by atoms with Crippen LogP contribution in [0.15, 0.2) is 18.2 Å². The molecule has 0 amide bonds. The second kappa shape index (κ2) is 5.71. The summed E-state index contributed by atoms with van der Waals surface area (Å²) in [5, 5.41) is 21.0. The zero-order valence-electron chi connectivity index (χ0n) is 10.9. The average molecular weight is 298 g/mol. The molecule has 0 bridgehead atoms. The lowest BCUT2D eigenvalue weighted by molar-refractivity contribution is 0.0266. The van der Waals surface area contributed by atoms with Crippen LogP contribution < -0.4 is 0 Å². The van der Waals surface area contributed by atoms with Crippen LogP contribution in [0.25, 0.3) is 0 Å². The first-order valence-electron chi connectivity index (χ1n) is 6.53. The Labute approximate surface area is 124 Å². The molecule has 0 radical (unpaired) electrons. The Kier molecular flexibility index (Phi) is 4.40. The fourth-order valence-electron chi connectivity index (χ4n) is 2.73. The molecule has 1 N–H and O–H groups in total. The molecule has 1 unspecified atom stereocenters. The molecule has 0 spiro atoms. The zero-order chi connectivity index (χ0) is 14.0. The fourth-order valence-corrected chi connectivity index (χ4v) is 3.03. The van der Waals surface area contributed by atoms with Gasteiger partial charge in [0.1, 0.15) is 0 Å². The molecule has 0 aromatic heterocycles. The van der Waals surface area contributed by atoms with Gasteiger partial charge in [0.2, 0.25) is 0 Å². The van der Waals surface area contributed by atoms with Gasteiger partial charge in [-0.1, -0.05) is 36.2 Å². The number of hydrogen-bond donors (Lipinski definition) is 1. The van der Waals surface area contributed by atoms with Crippen LogP contribution in [0.2, 0.25) is 10.0 Å². The third-order valence-electron chi connectivity index (χ3n) is 4.17. The Morgan fingerprint density at radius 3 is 2.47 bits per heavy atom. The number of hydrogen-bond acceptors (Lipinski definition) is 2. The normalized spacial score (nSPS) is 28.7. The molecule has 1 saturated carbocycles. The van der Waals surface area contributed by atoms with Gasteiger partial charge < -0.3 is 5.11 Å². The van der Waals surface area contributed by atoms with Crippen LogP contribution in [0.5, 0.6) is 0 Å². The third-order valence-corrected chi connectivity index (χ3v) is 4.91. The van der Waals surface area contributed by atoms with Crippen LogP contribution in [0.3, 0.4) is 0 Å². The van der Waals surface area contributed by atoms with E-state index in [1.807, 2.05) is 0 Å². The summed E-state index contributed by atoms with van der Waals surface area (Å²) in [6.07, 6.45) is 2.61. The van der Waals surface area contributed by atoms with Gasteiger partial charge in [0.25, 0.3) is 0 Å². The summed E-state index contributed by atoms with van der Waals surface area (Å²) in [6.45, 7) is 2.19. The molecule has 4 heteroatoms. The van der Waals surface area contributed by atoms with Crippen LogP contribution in [-0.2, 0) is 0 Å². The van der Waals surface area contributed by atoms with E-state index in [0.29, 0.717) is 21.5 Å². The first-order valence-corrected chi connectivity index (χ1v) is 7.28. The van der Waals surface area contributed by atoms with E-state index in [0.717, 1.165) is 25.7 Å². The minimum Gasteiger partial charge on any atom is -0.387 e. The summed E-state index contributed by atoms with van der Waals surface area (Å²) in [4.78, 5) is 0. The van der Waals surface area contributed by atoms with Gasteiger partial charge in [0, 0.05) is 0 Å². The van der Waals surface area contributed by atoms with Gasteiger partial charge in [-0.05, 0) is 49.3 Å². The number of rotatable bonds is 2. The van der Waals surface area contributed by atoms with E-state index in [9.17, 15) is 10.4 Å². The molecule has 1 atom stereocenters. The number of aliphatic hydroxyl groups is 1. The number of aliphatic hydroxyl groups excluding tert-OH is 1. The van der Waals surface area contributed by atoms with E-state index in [1.54, 1.807) is 18.2 Å². The Morgan fingerprint density at radius 2 is 1.95 bits per heavy atom. The Hall–Kier alpha value is -0.750. The molecule has 19 heavy (non-hydrogen) atoms. The van der Waals surface area contributed by atoms with Crippen molar-refractivity contribution < 1.29 is 5.11 Å². The number of nitriles is 1. The maximum Gasteiger partial charge on any atom is 0.0976 e. The minimum atomic E-state index is -0.806. The van der Waals surface area contributed by atoms with Gasteiger partial charge in [-0.15, -0.1) is 0 Å². The number of halogens is 2. The van der Waals surface area contributed by atoms with Crippen molar-refractivity contribution in [2.75, 3.05) is 0 Å². The predicted octanol–water partition coefficient (Wildman–Crippen LogP) is 4.75. The van der Waals surface area contributed by atoms with E-state index in [-0.39, 0.29) is 0 Å². The predicted molar refractivity (Wildman–Crippen MR) is 77.1 cm³/mol. The lowest BCUT2D eigenvalue weighted by atomic mass is 9.67. The maximum atomic E-state index is 10.6. The lowest BCUT2D eigenvalue weighted by Crippen LogP contribution is -2.32. The first-order chi connectivity index (χ1) is 8.98. The zero-order valence-corrected chi connectivity index (χ0v) is 12.4. The summed E-state index contributed by atoms with van der Waals surface area (Å²) in [7, 11) is 0. The summed E-state index contributed by atoms with van der Waals surface area (Å²) in [5.74, 6) is 0.627. The van der Waals surface area contributed by atoms with E-state index in [2.05, 4.69) is 13.0 Å². The van der Waals surface area contributed by atoms with Crippen molar-refractivity contribution in [3.63, 3.8) is 0 Å². The van der Waals surface area contributed by atoms with E-state index < -0.39 is 11.5 Å². The second-order valence-electron chi connectivity index (χ2n) is 5.53. The molecular formula is C15H17Cl2NO. The van der Waals surface area contributed by atoms with Gasteiger partial charge in [0.15, 0.2) is 0 Å². The largest absolute Gasteiger partial charge is 0.387 e. The first kappa shape index (κ1) is 14.7.